The Morgan fingerprint density at radius 2 is 1.93 bits per heavy atom. The number of nitrogens with zero attached hydrogens (tertiary/aromatic N) is 2. The van der Waals surface area contributed by atoms with Crippen LogP contribution >= 0.6 is 15.9 Å². The molecule has 0 spiro atoms. The van der Waals surface area contributed by atoms with E-state index in [1.165, 1.54) is 30.5 Å². The topological polar surface area (TPSA) is 85.0 Å². The molecule has 0 bridgehead atoms. The second-order valence-corrected chi connectivity index (χ2v) is 6.08. The van der Waals surface area contributed by atoms with Crippen molar-refractivity contribution < 1.29 is 32.3 Å². The molecule has 0 aliphatic carbocycles. The van der Waals surface area contributed by atoms with E-state index >= 15 is 0 Å². The summed E-state index contributed by atoms with van der Waals surface area (Å²) >= 11 is 3.00. The first-order valence-corrected chi connectivity index (χ1v) is 7.99. The average molecular weight is 451 g/mol. The summed E-state index contributed by atoms with van der Waals surface area (Å²) in [6.07, 6.45) is -2.66. The summed E-state index contributed by atoms with van der Waals surface area (Å²) in [4.78, 5) is 14.2. The Bertz CT molecular complexity index is 860. The second kappa shape index (κ2) is 8.33. The minimum atomic E-state index is -4.26. The van der Waals surface area contributed by atoms with Crippen molar-refractivity contribution in [3.05, 3.63) is 56.5 Å². The van der Waals surface area contributed by atoms with Crippen LogP contribution in [0.15, 0.2) is 45.9 Å². The van der Waals surface area contributed by atoms with E-state index in [1.54, 1.807) is 0 Å². The van der Waals surface area contributed by atoms with Crippen molar-refractivity contribution >= 4 is 33.5 Å². The Balaban J connectivity index is 2.12. The van der Waals surface area contributed by atoms with E-state index in [0.717, 1.165) is 12.1 Å². The number of halogens is 5. The molecule has 6 nitrogen and oxygen atoms in total. The minimum Gasteiger partial charge on any atom is -0.506 e. The standard InChI is InChI=1S/C16H11BrF4N2O4/c17-13-6-11(23(25)26)5-9(14(13)24)7-22-10-1-3-12(4-2-10)27-8-16(20,21)15(18)19/h1-7,15,24H,8H2. The first-order valence-electron chi connectivity index (χ1n) is 7.20. The molecule has 0 aliphatic heterocycles. The van der Waals surface area contributed by atoms with Gasteiger partial charge in [0.25, 0.3) is 5.69 Å². The Labute approximate surface area is 158 Å². The van der Waals surface area contributed by atoms with E-state index in [4.69, 9.17) is 0 Å². The smallest absolute Gasteiger partial charge is 0.340 e. The van der Waals surface area contributed by atoms with Gasteiger partial charge in [-0.25, -0.2) is 8.78 Å². The normalized spacial score (nSPS) is 11.9. The largest absolute Gasteiger partial charge is 0.506 e. The molecule has 0 radical (unpaired) electrons. The Kier molecular flexibility index (Phi) is 6.37. The van der Waals surface area contributed by atoms with Gasteiger partial charge in [0.05, 0.1) is 15.1 Å². The number of hydrogen-bond acceptors (Lipinski definition) is 5. The number of aromatic hydroxyl groups is 1. The molecule has 144 valence electrons. The predicted octanol–water partition coefficient (Wildman–Crippen LogP) is 5.09. The van der Waals surface area contributed by atoms with Crippen LogP contribution < -0.4 is 4.74 Å². The van der Waals surface area contributed by atoms with Crippen molar-refractivity contribution in [2.45, 2.75) is 12.3 Å². The number of nitro groups is 1. The number of benzene rings is 2. The number of phenolic OH excluding ortho intramolecular Hbond substituents is 1. The molecular weight excluding hydrogens is 440 g/mol. The zero-order valence-corrected chi connectivity index (χ0v) is 14.9. The van der Waals surface area contributed by atoms with E-state index in [-0.39, 0.29) is 27.2 Å². The van der Waals surface area contributed by atoms with Crippen LogP contribution in [0.2, 0.25) is 0 Å². The summed E-state index contributed by atoms with van der Waals surface area (Å²) in [5, 5.41) is 20.8. The summed E-state index contributed by atoms with van der Waals surface area (Å²) < 4.78 is 54.5. The van der Waals surface area contributed by atoms with Crippen LogP contribution in [-0.4, -0.2) is 35.2 Å². The van der Waals surface area contributed by atoms with E-state index in [2.05, 4.69) is 25.7 Å². The highest BCUT2D eigenvalue weighted by Gasteiger charge is 2.41. The molecule has 1 N–H and O–H groups in total. The van der Waals surface area contributed by atoms with Crippen molar-refractivity contribution in [2.24, 2.45) is 4.99 Å². The third kappa shape index (κ3) is 5.39. The number of phenols is 1. The molecule has 0 atom stereocenters. The second-order valence-electron chi connectivity index (χ2n) is 5.23. The van der Waals surface area contributed by atoms with E-state index in [0.29, 0.717) is 5.69 Å². The molecule has 2 aromatic carbocycles. The third-order valence-corrected chi connectivity index (χ3v) is 3.83. The van der Waals surface area contributed by atoms with Crippen LogP contribution in [0.5, 0.6) is 11.5 Å². The first kappa shape index (κ1) is 20.6. The van der Waals surface area contributed by atoms with Crippen LogP contribution in [-0.2, 0) is 0 Å². The number of nitro benzene ring substituents is 1. The fourth-order valence-corrected chi connectivity index (χ4v) is 2.29. The van der Waals surface area contributed by atoms with E-state index < -0.39 is 23.9 Å². The number of rotatable bonds is 7. The molecule has 0 amide bonds. The summed E-state index contributed by atoms with van der Waals surface area (Å²) in [6, 6.07) is 7.46. The molecule has 0 saturated carbocycles. The zero-order chi connectivity index (χ0) is 20.2. The van der Waals surface area contributed by atoms with Gasteiger partial charge in [-0.1, -0.05) is 0 Å². The van der Waals surface area contributed by atoms with Gasteiger partial charge >= 0.3 is 12.3 Å². The third-order valence-electron chi connectivity index (χ3n) is 3.23. The van der Waals surface area contributed by atoms with Gasteiger partial charge in [-0.05, 0) is 40.2 Å². The van der Waals surface area contributed by atoms with Gasteiger partial charge in [-0.15, -0.1) is 0 Å². The quantitative estimate of drug-likeness (QED) is 0.275. The monoisotopic (exact) mass is 450 g/mol. The van der Waals surface area contributed by atoms with Gasteiger partial charge in [0.15, 0.2) is 6.61 Å². The molecule has 0 aliphatic rings. The number of non-ortho nitro benzene ring substituents is 1. The highest BCUT2D eigenvalue weighted by Crippen LogP contribution is 2.32. The van der Waals surface area contributed by atoms with Gasteiger partial charge in [0.2, 0.25) is 0 Å². The highest BCUT2D eigenvalue weighted by molar-refractivity contribution is 9.10. The lowest BCUT2D eigenvalue weighted by molar-refractivity contribution is -0.385. The summed E-state index contributed by atoms with van der Waals surface area (Å²) in [7, 11) is 0. The molecular formula is C16H11BrF4N2O4. The Morgan fingerprint density at radius 1 is 1.30 bits per heavy atom. The van der Waals surface area contributed by atoms with Gasteiger partial charge in [-0.2, -0.15) is 8.78 Å². The van der Waals surface area contributed by atoms with Gasteiger partial charge in [0.1, 0.15) is 11.5 Å². The maximum Gasteiger partial charge on any atom is 0.340 e. The maximum atomic E-state index is 12.8. The van der Waals surface area contributed by atoms with Gasteiger partial charge in [0, 0.05) is 23.9 Å². The zero-order valence-electron chi connectivity index (χ0n) is 13.3. The molecule has 0 fully saturated rings. The van der Waals surface area contributed by atoms with Crippen LogP contribution in [0.4, 0.5) is 28.9 Å². The number of alkyl halides is 4. The highest BCUT2D eigenvalue weighted by atomic mass is 79.9. The van der Waals surface area contributed by atoms with Gasteiger partial charge in [-0.3, -0.25) is 15.1 Å². The fourth-order valence-electron chi connectivity index (χ4n) is 1.82. The minimum absolute atomic E-state index is 0.0600. The average Bonchev–Trinajstić information content (AvgIpc) is 2.61. The van der Waals surface area contributed by atoms with Crippen molar-refractivity contribution in [1.82, 2.24) is 0 Å². The lowest BCUT2D eigenvalue weighted by Gasteiger charge is -2.15. The Hall–Kier alpha value is -2.69. The SMILES string of the molecule is O=[N+]([O-])c1cc(Br)c(O)c(C=Nc2ccc(OCC(F)(F)C(F)F)cc2)c1. The maximum absolute atomic E-state index is 12.8. The summed E-state index contributed by atoms with van der Waals surface area (Å²) in [5.41, 5.74) is 0.128. The van der Waals surface area contributed by atoms with E-state index in [1.807, 2.05) is 0 Å². The predicted molar refractivity (Wildman–Crippen MR) is 92.6 cm³/mol. The number of hydrogen-bond donors (Lipinski definition) is 1. The molecule has 2 aromatic rings. The van der Waals surface area contributed by atoms with Crippen LogP contribution in [0, 0.1) is 10.1 Å². The Morgan fingerprint density at radius 3 is 2.48 bits per heavy atom. The summed E-state index contributed by atoms with van der Waals surface area (Å²) in [6.45, 7) is -1.47. The van der Waals surface area contributed by atoms with Crippen LogP contribution in [0.25, 0.3) is 0 Å². The molecule has 2 rings (SSSR count). The number of aliphatic imine (C=N–C) groups is 1. The van der Waals surface area contributed by atoms with Crippen molar-refractivity contribution in [3.8, 4) is 11.5 Å². The fraction of sp³-hybridized carbons (Fsp3) is 0.188. The van der Waals surface area contributed by atoms with Crippen molar-refractivity contribution in [1.29, 1.82) is 0 Å². The molecule has 0 heterocycles. The van der Waals surface area contributed by atoms with Gasteiger partial charge < -0.3 is 9.84 Å². The van der Waals surface area contributed by atoms with Crippen LogP contribution in [0.3, 0.4) is 0 Å². The van der Waals surface area contributed by atoms with Crippen molar-refractivity contribution in [3.63, 3.8) is 0 Å². The summed E-state index contributed by atoms with van der Waals surface area (Å²) in [5.74, 6) is -4.57. The van der Waals surface area contributed by atoms with Crippen LogP contribution in [0.1, 0.15) is 5.56 Å². The van der Waals surface area contributed by atoms with Crippen molar-refractivity contribution in [2.75, 3.05) is 6.61 Å². The molecule has 27 heavy (non-hydrogen) atoms. The molecule has 0 unspecified atom stereocenters. The van der Waals surface area contributed by atoms with E-state index in [9.17, 15) is 32.8 Å². The molecule has 0 saturated heterocycles. The number of ether oxygens (including phenoxy) is 1. The lowest BCUT2D eigenvalue weighted by Crippen LogP contribution is -2.33. The molecule has 0 aromatic heterocycles. The lowest BCUT2D eigenvalue weighted by atomic mass is 10.2. The first-order chi connectivity index (χ1) is 12.6. The molecule has 11 heteroatoms.